The molecule has 2 aromatic heterocycles. The fourth-order valence-electron chi connectivity index (χ4n) is 6.68. The molecular weight excluding hydrogens is 543 g/mol. The van der Waals surface area contributed by atoms with Crippen molar-refractivity contribution in [3.63, 3.8) is 0 Å². The number of hydrogen-bond acceptors (Lipinski definition) is 9. The number of carbonyl (C=O) groups excluding carboxylic acids is 1. The van der Waals surface area contributed by atoms with Gasteiger partial charge in [0.15, 0.2) is 0 Å². The van der Waals surface area contributed by atoms with Crippen molar-refractivity contribution in [1.82, 2.24) is 19.8 Å². The third kappa shape index (κ3) is 6.04. The number of methoxy groups -OCH3 is 1. The highest BCUT2D eigenvalue weighted by Gasteiger charge is 2.48. The Hall–Kier alpha value is -2.95. The second kappa shape index (κ2) is 11.5. The molecule has 2 fully saturated rings. The second-order valence-electron chi connectivity index (χ2n) is 11.1. The summed E-state index contributed by atoms with van der Waals surface area (Å²) in [5.41, 5.74) is 5.98. The van der Waals surface area contributed by atoms with Crippen LogP contribution in [-0.2, 0) is 16.0 Å². The topological polar surface area (TPSA) is 120 Å². The van der Waals surface area contributed by atoms with Crippen molar-refractivity contribution in [2.75, 3.05) is 38.6 Å². The number of halogens is 3. The largest absolute Gasteiger partial charge is 0.393 e. The quantitative estimate of drug-likeness (QED) is 0.489. The Morgan fingerprint density at radius 1 is 1.32 bits per heavy atom. The Morgan fingerprint density at radius 2 is 2.08 bits per heavy atom. The number of carbonyl (C=O) groups is 1. The Labute approximate surface area is 235 Å². The number of nitrogens with zero attached hydrogens (tertiary/aromatic N) is 5. The average Bonchev–Trinajstić information content (AvgIpc) is 3.46. The molecule has 2 aromatic rings. The number of hydrogen-bond donors (Lipinski definition) is 2. The zero-order chi connectivity index (χ0) is 28.6. The van der Waals surface area contributed by atoms with Crippen molar-refractivity contribution in [1.29, 1.82) is 5.26 Å². The number of nitrogens with one attached hydrogen (secondary N) is 1. The predicted octanol–water partition coefficient (Wildman–Crippen LogP) is 3.54. The van der Waals surface area contributed by atoms with Crippen molar-refractivity contribution in [3.8, 4) is 6.07 Å². The van der Waals surface area contributed by atoms with E-state index in [4.69, 9.17) is 10.5 Å². The van der Waals surface area contributed by atoms with Crippen LogP contribution in [0.4, 0.5) is 19.0 Å². The number of ether oxygens (including phenoxy) is 1. The SMILES string of the molecule is COC1CC2C(C=C(C#N)N2CC(N)=O)C(C)C1CN1CCC(Nc2ncnc3sc(CC(F)(F)F)cc23)CC1. The first-order valence-electron chi connectivity index (χ1n) is 13.5. The van der Waals surface area contributed by atoms with Crippen LogP contribution >= 0.6 is 11.3 Å². The smallest absolute Gasteiger partial charge is 0.381 e. The minimum atomic E-state index is -4.26. The van der Waals surface area contributed by atoms with E-state index in [2.05, 4.69) is 33.2 Å². The molecule has 3 N–H and O–H groups in total. The first kappa shape index (κ1) is 28.6. The maximum atomic E-state index is 12.9. The number of nitriles is 1. The van der Waals surface area contributed by atoms with E-state index in [1.165, 1.54) is 6.33 Å². The van der Waals surface area contributed by atoms with Gasteiger partial charge in [0, 0.05) is 55.5 Å². The molecule has 0 radical (unpaired) electrons. The maximum absolute atomic E-state index is 12.9. The first-order valence-corrected chi connectivity index (χ1v) is 14.4. The van der Waals surface area contributed by atoms with Crippen molar-refractivity contribution in [2.45, 2.75) is 57.0 Å². The van der Waals surface area contributed by atoms with Gasteiger partial charge in [-0.1, -0.05) is 6.92 Å². The molecule has 3 aliphatic rings. The van der Waals surface area contributed by atoms with Gasteiger partial charge in [-0.05, 0) is 37.3 Å². The van der Waals surface area contributed by atoms with Crippen LogP contribution in [-0.4, -0.2) is 83.3 Å². The predicted molar refractivity (Wildman–Crippen MR) is 145 cm³/mol. The van der Waals surface area contributed by atoms with E-state index in [1.807, 2.05) is 11.0 Å². The van der Waals surface area contributed by atoms with Gasteiger partial charge in [-0.3, -0.25) is 4.79 Å². The van der Waals surface area contributed by atoms with E-state index >= 15 is 0 Å². The molecule has 1 aliphatic carbocycles. The summed E-state index contributed by atoms with van der Waals surface area (Å²) in [7, 11) is 1.72. The Balaban J connectivity index is 1.20. The fourth-order valence-corrected chi connectivity index (χ4v) is 7.71. The Bertz CT molecular complexity index is 1300. The van der Waals surface area contributed by atoms with Crippen LogP contribution in [0.5, 0.6) is 0 Å². The van der Waals surface area contributed by atoms with E-state index in [9.17, 15) is 23.2 Å². The molecule has 0 spiro atoms. The van der Waals surface area contributed by atoms with Gasteiger partial charge in [-0.2, -0.15) is 18.4 Å². The molecule has 9 nitrogen and oxygen atoms in total. The standard InChI is InChI=1S/C27H34F3N7O2S/c1-15-19-7-17(11-31)37(13-24(32)38)22(19)9-23(39-2)21(15)12-36-5-3-16(4-6-36)35-25-20-8-18(10-27(28,29)30)40-26(20)34-14-33-25/h7-8,14-16,19,21-23H,3-6,9-10,12-13H2,1-2H3,(H2,32,38)(H,33,34,35). The summed E-state index contributed by atoms with van der Waals surface area (Å²) < 4.78 is 44.6. The monoisotopic (exact) mass is 577 g/mol. The Kier molecular flexibility index (Phi) is 8.22. The van der Waals surface area contributed by atoms with Gasteiger partial charge in [0.2, 0.25) is 5.91 Å². The van der Waals surface area contributed by atoms with Crippen LogP contribution in [0.2, 0.25) is 0 Å². The number of piperidine rings is 1. The molecule has 1 amide bonds. The van der Waals surface area contributed by atoms with Gasteiger partial charge in [0.25, 0.3) is 0 Å². The minimum Gasteiger partial charge on any atom is -0.381 e. The molecule has 5 unspecified atom stereocenters. The Morgan fingerprint density at radius 3 is 2.73 bits per heavy atom. The molecule has 1 saturated carbocycles. The average molecular weight is 578 g/mol. The number of amides is 1. The minimum absolute atomic E-state index is 0.00675. The number of primary amides is 1. The van der Waals surface area contributed by atoms with E-state index in [0.717, 1.165) is 50.2 Å². The lowest BCUT2D eigenvalue weighted by atomic mass is 9.69. The highest BCUT2D eigenvalue weighted by atomic mass is 32.1. The normalized spacial score (nSPS) is 27.9. The number of aromatic nitrogens is 2. The van der Waals surface area contributed by atoms with Gasteiger partial charge in [0.1, 0.15) is 28.7 Å². The summed E-state index contributed by atoms with van der Waals surface area (Å²) in [4.78, 5) is 25.2. The lowest BCUT2D eigenvalue weighted by molar-refractivity contribution is -0.126. The molecule has 0 aromatic carbocycles. The summed E-state index contributed by atoms with van der Waals surface area (Å²) in [6, 6.07) is 3.96. The summed E-state index contributed by atoms with van der Waals surface area (Å²) in [6.45, 7) is 4.84. The first-order chi connectivity index (χ1) is 19.1. The van der Waals surface area contributed by atoms with Crippen LogP contribution < -0.4 is 11.1 Å². The van der Waals surface area contributed by atoms with E-state index in [1.54, 1.807) is 13.2 Å². The summed E-state index contributed by atoms with van der Waals surface area (Å²) in [6.07, 6.45) is 0.642. The van der Waals surface area contributed by atoms with Gasteiger partial charge < -0.3 is 25.6 Å². The molecule has 40 heavy (non-hydrogen) atoms. The highest BCUT2D eigenvalue weighted by Crippen LogP contribution is 2.45. The van der Waals surface area contributed by atoms with Crippen LogP contribution in [0.15, 0.2) is 24.2 Å². The molecule has 0 bridgehead atoms. The van der Waals surface area contributed by atoms with Crippen LogP contribution in [0.25, 0.3) is 10.2 Å². The number of nitrogens with two attached hydrogens (primary N) is 1. The van der Waals surface area contributed by atoms with E-state index < -0.39 is 18.5 Å². The summed E-state index contributed by atoms with van der Waals surface area (Å²) in [5.74, 6) is 0.795. The van der Waals surface area contributed by atoms with Crippen LogP contribution in [0.1, 0.15) is 31.1 Å². The molecule has 5 rings (SSSR count). The van der Waals surface area contributed by atoms with E-state index in [0.29, 0.717) is 21.7 Å². The number of likely N-dealkylation sites (tertiary alicyclic amines) is 1. The van der Waals surface area contributed by atoms with Gasteiger partial charge >= 0.3 is 6.18 Å². The second-order valence-corrected chi connectivity index (χ2v) is 12.2. The van der Waals surface area contributed by atoms with Gasteiger partial charge in [-0.25, -0.2) is 9.97 Å². The fraction of sp³-hybridized carbons (Fsp3) is 0.630. The summed E-state index contributed by atoms with van der Waals surface area (Å²) in [5, 5.41) is 13.7. The van der Waals surface area contributed by atoms with Crippen molar-refractivity contribution in [2.24, 2.45) is 23.5 Å². The molecule has 2 aliphatic heterocycles. The number of allylic oxidation sites excluding steroid dienone is 1. The van der Waals surface area contributed by atoms with Gasteiger partial charge in [0.05, 0.1) is 24.5 Å². The maximum Gasteiger partial charge on any atom is 0.393 e. The molecule has 1 saturated heterocycles. The molecule has 4 heterocycles. The number of thiophene rings is 1. The number of alkyl halides is 3. The van der Waals surface area contributed by atoms with Crippen molar-refractivity contribution in [3.05, 3.63) is 29.0 Å². The van der Waals surface area contributed by atoms with E-state index in [-0.39, 0.29) is 47.4 Å². The van der Waals surface area contributed by atoms with Crippen molar-refractivity contribution >= 4 is 33.3 Å². The van der Waals surface area contributed by atoms with Crippen LogP contribution in [0.3, 0.4) is 0 Å². The number of anilines is 1. The molecule has 13 heteroatoms. The third-order valence-electron chi connectivity index (χ3n) is 8.63. The number of fused-ring (bicyclic) bond motifs is 2. The highest BCUT2D eigenvalue weighted by molar-refractivity contribution is 7.18. The molecular formula is C27H34F3N7O2S. The zero-order valence-electron chi connectivity index (χ0n) is 22.5. The van der Waals surface area contributed by atoms with Crippen LogP contribution in [0, 0.1) is 29.1 Å². The van der Waals surface area contributed by atoms with Crippen molar-refractivity contribution < 1.29 is 22.7 Å². The molecule has 5 atom stereocenters. The lowest BCUT2D eigenvalue weighted by Gasteiger charge is -2.47. The summed E-state index contributed by atoms with van der Waals surface area (Å²) >= 11 is 1.05. The third-order valence-corrected chi connectivity index (χ3v) is 9.68. The molecule has 216 valence electrons. The zero-order valence-corrected chi connectivity index (χ0v) is 23.3. The van der Waals surface area contributed by atoms with Gasteiger partial charge in [-0.15, -0.1) is 11.3 Å². The number of rotatable bonds is 8. The lowest BCUT2D eigenvalue weighted by Crippen LogP contribution is -2.53.